The summed E-state index contributed by atoms with van der Waals surface area (Å²) in [5.41, 5.74) is 1.79. The molecule has 2 aromatic heterocycles. The number of carbonyl (C=O) groups excluding carboxylic acids is 2. The van der Waals surface area contributed by atoms with E-state index in [2.05, 4.69) is 15.5 Å². The lowest BCUT2D eigenvalue weighted by Crippen LogP contribution is -2.28. The maximum atomic E-state index is 14.7. The number of H-pyrrole nitrogens is 1. The molecule has 4 aromatic rings. The van der Waals surface area contributed by atoms with Gasteiger partial charge in [0, 0.05) is 24.4 Å². The average molecular weight is 462 g/mol. The van der Waals surface area contributed by atoms with Crippen molar-refractivity contribution < 1.29 is 22.8 Å². The Hall–Kier alpha value is -4.27. The van der Waals surface area contributed by atoms with Crippen LogP contribution < -0.4 is 5.32 Å². The molecule has 2 aromatic carbocycles. The van der Waals surface area contributed by atoms with Crippen LogP contribution in [0.2, 0.25) is 0 Å². The second-order valence-electron chi connectivity index (χ2n) is 8.12. The number of likely N-dealkylation sites (tertiary alicyclic amines) is 1. The number of furan rings is 1. The maximum Gasteiger partial charge on any atom is 0.229 e. The van der Waals surface area contributed by atoms with E-state index in [0.29, 0.717) is 22.4 Å². The molecule has 0 aliphatic carbocycles. The summed E-state index contributed by atoms with van der Waals surface area (Å²) in [6.45, 7) is 0.515. The summed E-state index contributed by atoms with van der Waals surface area (Å²) < 4.78 is 33.0. The van der Waals surface area contributed by atoms with Crippen molar-refractivity contribution in [1.82, 2.24) is 15.1 Å². The van der Waals surface area contributed by atoms with Crippen LogP contribution in [0.25, 0.3) is 23.1 Å². The number of amides is 2. The second-order valence-corrected chi connectivity index (χ2v) is 8.12. The molecule has 1 atom stereocenters. The first kappa shape index (κ1) is 21.6. The van der Waals surface area contributed by atoms with Crippen molar-refractivity contribution in [3.05, 3.63) is 83.4 Å². The van der Waals surface area contributed by atoms with E-state index in [9.17, 15) is 18.4 Å². The van der Waals surface area contributed by atoms with Gasteiger partial charge in [0.2, 0.25) is 11.8 Å². The molecular weight excluding hydrogens is 442 g/mol. The Balaban J connectivity index is 1.32. The van der Waals surface area contributed by atoms with Crippen molar-refractivity contribution in [2.45, 2.75) is 13.0 Å². The Kier molecular flexibility index (Phi) is 5.67. The molecule has 7 nitrogen and oxygen atoms in total. The number of hydrogen-bond acceptors (Lipinski definition) is 4. The highest BCUT2D eigenvalue weighted by Gasteiger charge is 2.35. The smallest absolute Gasteiger partial charge is 0.229 e. The Morgan fingerprint density at radius 2 is 2.03 bits per heavy atom. The zero-order valence-electron chi connectivity index (χ0n) is 17.9. The van der Waals surface area contributed by atoms with Crippen LogP contribution in [0, 0.1) is 17.6 Å². The van der Waals surface area contributed by atoms with Gasteiger partial charge in [-0.3, -0.25) is 14.7 Å². The molecule has 34 heavy (non-hydrogen) atoms. The number of carbonyl (C=O) groups is 2. The molecule has 0 radical (unpaired) electrons. The minimum Gasteiger partial charge on any atom is -0.467 e. The lowest BCUT2D eigenvalue weighted by molar-refractivity contribution is -0.128. The van der Waals surface area contributed by atoms with Gasteiger partial charge in [0.15, 0.2) is 0 Å². The first-order valence-corrected chi connectivity index (χ1v) is 10.7. The highest BCUT2D eigenvalue weighted by atomic mass is 19.1. The van der Waals surface area contributed by atoms with Crippen molar-refractivity contribution in [3.63, 3.8) is 0 Å². The third kappa shape index (κ3) is 4.45. The van der Waals surface area contributed by atoms with Crippen molar-refractivity contribution in [2.75, 3.05) is 11.9 Å². The van der Waals surface area contributed by atoms with Gasteiger partial charge in [-0.25, -0.2) is 8.78 Å². The van der Waals surface area contributed by atoms with E-state index in [1.54, 1.807) is 41.3 Å². The predicted molar refractivity (Wildman–Crippen MR) is 122 cm³/mol. The van der Waals surface area contributed by atoms with Crippen LogP contribution in [0.5, 0.6) is 0 Å². The minimum absolute atomic E-state index is 0.00673. The third-order valence-corrected chi connectivity index (χ3v) is 5.75. The zero-order valence-corrected chi connectivity index (χ0v) is 17.9. The number of hydrogen-bond donors (Lipinski definition) is 2. The van der Waals surface area contributed by atoms with E-state index < -0.39 is 17.6 Å². The fourth-order valence-electron chi connectivity index (χ4n) is 3.96. The monoisotopic (exact) mass is 462 g/mol. The standard InChI is InChI=1S/C25H20F2N4O3/c26-17-6-3-15(4-7-17)5-8-21-19-11-23(20(27)12-22(19)30-29-21)28-25(33)16-10-24(32)31(13-16)14-18-2-1-9-34-18/h1-9,11-12,16H,10,13-14H2,(H,28,33)(H,29,30). The van der Waals surface area contributed by atoms with Gasteiger partial charge in [0.05, 0.1) is 35.6 Å². The molecule has 1 fully saturated rings. The summed E-state index contributed by atoms with van der Waals surface area (Å²) in [4.78, 5) is 26.7. The Labute approximate surface area is 193 Å². The molecule has 2 N–H and O–H groups in total. The summed E-state index contributed by atoms with van der Waals surface area (Å²) in [6.07, 6.45) is 5.05. The molecule has 0 spiro atoms. The molecule has 1 aliphatic rings. The molecule has 1 saturated heterocycles. The Bertz CT molecular complexity index is 1380. The topological polar surface area (TPSA) is 91.2 Å². The van der Waals surface area contributed by atoms with Gasteiger partial charge in [-0.1, -0.05) is 18.2 Å². The number of fused-ring (bicyclic) bond motifs is 1. The average Bonchev–Trinajstić information content (AvgIpc) is 3.55. The lowest BCUT2D eigenvalue weighted by atomic mass is 10.1. The second kappa shape index (κ2) is 8.93. The van der Waals surface area contributed by atoms with Crippen LogP contribution >= 0.6 is 0 Å². The highest BCUT2D eigenvalue weighted by Crippen LogP contribution is 2.27. The fourth-order valence-corrected chi connectivity index (χ4v) is 3.96. The molecule has 172 valence electrons. The Morgan fingerprint density at radius 3 is 2.79 bits per heavy atom. The van der Waals surface area contributed by atoms with Gasteiger partial charge < -0.3 is 14.6 Å². The largest absolute Gasteiger partial charge is 0.467 e. The molecule has 1 aliphatic heterocycles. The number of anilines is 1. The molecule has 5 rings (SSSR count). The predicted octanol–water partition coefficient (Wildman–Crippen LogP) is 4.59. The van der Waals surface area contributed by atoms with E-state index >= 15 is 0 Å². The zero-order chi connectivity index (χ0) is 23.7. The van der Waals surface area contributed by atoms with Crippen molar-refractivity contribution in [1.29, 1.82) is 0 Å². The SMILES string of the molecule is O=C(Nc1cc2c(C=Cc3ccc(F)cc3)n[nH]c2cc1F)C1CC(=O)N(Cc2ccco2)C1. The number of rotatable bonds is 6. The van der Waals surface area contributed by atoms with Gasteiger partial charge >= 0.3 is 0 Å². The molecule has 1 unspecified atom stereocenters. The van der Waals surface area contributed by atoms with Crippen LogP contribution in [0.4, 0.5) is 14.5 Å². The molecule has 0 saturated carbocycles. The number of halogens is 2. The molecule has 2 amide bonds. The normalized spacial score (nSPS) is 16.1. The van der Waals surface area contributed by atoms with E-state index in [-0.39, 0.29) is 36.9 Å². The van der Waals surface area contributed by atoms with E-state index in [0.717, 1.165) is 5.56 Å². The quantitative estimate of drug-likeness (QED) is 0.438. The number of nitrogens with one attached hydrogen (secondary N) is 2. The van der Waals surface area contributed by atoms with E-state index in [1.807, 2.05) is 0 Å². The summed E-state index contributed by atoms with van der Waals surface area (Å²) in [5, 5.41) is 10.2. The van der Waals surface area contributed by atoms with Crippen molar-refractivity contribution in [2.24, 2.45) is 5.92 Å². The van der Waals surface area contributed by atoms with Crippen LogP contribution in [0.3, 0.4) is 0 Å². The Morgan fingerprint density at radius 1 is 1.21 bits per heavy atom. The first-order valence-electron chi connectivity index (χ1n) is 10.7. The van der Waals surface area contributed by atoms with Gasteiger partial charge in [0.1, 0.15) is 17.4 Å². The van der Waals surface area contributed by atoms with Gasteiger partial charge in [-0.05, 0) is 42.0 Å². The van der Waals surface area contributed by atoms with E-state index in [4.69, 9.17) is 4.42 Å². The van der Waals surface area contributed by atoms with E-state index in [1.165, 1.54) is 30.5 Å². The summed E-state index contributed by atoms with van der Waals surface area (Å²) in [6, 6.07) is 12.2. The molecule has 9 heteroatoms. The van der Waals surface area contributed by atoms with Crippen LogP contribution in [0.15, 0.2) is 59.2 Å². The van der Waals surface area contributed by atoms with Crippen molar-refractivity contribution in [3.8, 4) is 0 Å². The number of aromatic nitrogens is 2. The summed E-state index contributed by atoms with van der Waals surface area (Å²) >= 11 is 0. The maximum absolute atomic E-state index is 14.7. The minimum atomic E-state index is -0.615. The molecule has 0 bridgehead atoms. The highest BCUT2D eigenvalue weighted by molar-refractivity contribution is 6.00. The first-order chi connectivity index (χ1) is 16.5. The number of aromatic amines is 1. The van der Waals surface area contributed by atoms with Crippen LogP contribution in [0.1, 0.15) is 23.4 Å². The molecular formula is C25H20F2N4O3. The number of benzene rings is 2. The van der Waals surface area contributed by atoms with Gasteiger partial charge in [0.25, 0.3) is 0 Å². The lowest BCUT2D eigenvalue weighted by Gasteiger charge is -2.15. The van der Waals surface area contributed by atoms with Crippen molar-refractivity contribution >= 4 is 40.6 Å². The van der Waals surface area contributed by atoms with Crippen LogP contribution in [-0.2, 0) is 16.1 Å². The summed E-state index contributed by atoms with van der Waals surface area (Å²) in [5.74, 6) is -1.50. The summed E-state index contributed by atoms with van der Waals surface area (Å²) in [7, 11) is 0. The third-order valence-electron chi connectivity index (χ3n) is 5.75. The number of nitrogens with zero attached hydrogens (tertiary/aromatic N) is 2. The fraction of sp³-hybridized carbons (Fsp3) is 0.160. The van der Waals surface area contributed by atoms with Gasteiger partial charge in [-0.2, -0.15) is 5.10 Å². The van der Waals surface area contributed by atoms with Crippen LogP contribution in [-0.4, -0.2) is 33.5 Å². The molecule has 3 heterocycles. The van der Waals surface area contributed by atoms with Gasteiger partial charge in [-0.15, -0.1) is 0 Å².